The third-order valence-corrected chi connectivity index (χ3v) is 6.93. The van der Waals surface area contributed by atoms with E-state index in [-0.39, 0.29) is 18.1 Å². The van der Waals surface area contributed by atoms with Crippen molar-refractivity contribution in [2.75, 3.05) is 31.6 Å². The molecular formula is C22H24N4O4S. The number of anilines is 1. The smallest absolute Gasteiger partial charge is 0.264 e. The molecule has 0 bridgehead atoms. The number of carbonyl (C=O) groups is 1. The number of piperidine rings is 1. The predicted molar refractivity (Wildman–Crippen MR) is 118 cm³/mol. The molecule has 0 radical (unpaired) electrons. The van der Waals surface area contributed by atoms with Crippen molar-refractivity contribution < 1.29 is 19.4 Å². The summed E-state index contributed by atoms with van der Waals surface area (Å²) < 4.78 is 11.8. The van der Waals surface area contributed by atoms with E-state index in [1.54, 1.807) is 0 Å². The largest absolute Gasteiger partial charge is 0.486 e. The molecule has 2 N–H and O–H groups in total. The molecule has 1 atom stereocenters. The summed E-state index contributed by atoms with van der Waals surface area (Å²) in [6.45, 7) is 4.06. The molecule has 1 saturated heterocycles. The van der Waals surface area contributed by atoms with Crippen LogP contribution >= 0.6 is 11.3 Å². The summed E-state index contributed by atoms with van der Waals surface area (Å²) in [7, 11) is 0. The van der Waals surface area contributed by atoms with E-state index in [0.29, 0.717) is 49.8 Å². The zero-order valence-electron chi connectivity index (χ0n) is 17.2. The molecule has 0 spiro atoms. The van der Waals surface area contributed by atoms with Gasteiger partial charge in [0.15, 0.2) is 11.5 Å². The fraction of sp³-hybridized carbons (Fsp3) is 0.409. The van der Waals surface area contributed by atoms with E-state index in [0.717, 1.165) is 27.3 Å². The Bertz CT molecular complexity index is 1110. The summed E-state index contributed by atoms with van der Waals surface area (Å²) in [6.07, 6.45) is 2.29. The van der Waals surface area contributed by atoms with Gasteiger partial charge >= 0.3 is 0 Å². The zero-order chi connectivity index (χ0) is 21.4. The number of likely N-dealkylation sites (tertiary alicyclic amines) is 1. The van der Waals surface area contributed by atoms with Gasteiger partial charge in [-0.25, -0.2) is 9.97 Å². The molecule has 2 aromatic heterocycles. The minimum atomic E-state index is -0.313. The highest BCUT2D eigenvalue weighted by Crippen LogP contribution is 2.35. The number of thiophene rings is 1. The third kappa shape index (κ3) is 3.90. The maximum absolute atomic E-state index is 13.1. The van der Waals surface area contributed by atoms with Gasteiger partial charge in [-0.1, -0.05) is 12.1 Å². The molecule has 1 amide bonds. The fourth-order valence-electron chi connectivity index (χ4n) is 4.00. The molecule has 0 saturated carbocycles. The topological polar surface area (TPSA) is 96.8 Å². The normalized spacial score (nSPS) is 18.9. The van der Waals surface area contributed by atoms with Gasteiger partial charge in [0, 0.05) is 13.1 Å². The first-order valence-corrected chi connectivity index (χ1v) is 11.3. The Labute approximate surface area is 183 Å². The number of aryl methyl sites for hydroxylation is 1. The number of ether oxygens (including phenoxy) is 2. The Morgan fingerprint density at radius 1 is 1.26 bits per heavy atom. The van der Waals surface area contributed by atoms with E-state index in [2.05, 4.69) is 15.3 Å². The van der Waals surface area contributed by atoms with Crippen LogP contribution in [0.25, 0.3) is 10.2 Å². The number of nitrogens with one attached hydrogen (secondary N) is 1. The molecule has 2 aliphatic heterocycles. The van der Waals surface area contributed by atoms with E-state index in [1.165, 1.54) is 17.7 Å². The lowest BCUT2D eigenvalue weighted by atomic mass is 10.1. The maximum atomic E-state index is 13.1. The molecule has 5 rings (SSSR count). The standard InChI is InChI=1S/C22H24N4O4S/c1-13-18-20(23-10-15-11-29-16-4-2-3-5-17(16)30-15)24-12-25-21(18)31-19(13)22(28)26-8-6-14(27)7-9-26/h2-5,12,14-15,27H,6-11H2,1H3,(H,23,24,25)/t15-/m0/s1. The highest BCUT2D eigenvalue weighted by Gasteiger charge is 2.27. The lowest BCUT2D eigenvalue weighted by Gasteiger charge is -2.29. The highest BCUT2D eigenvalue weighted by molar-refractivity contribution is 7.20. The number of rotatable bonds is 4. The second-order valence-electron chi connectivity index (χ2n) is 7.86. The molecule has 4 heterocycles. The van der Waals surface area contributed by atoms with E-state index in [4.69, 9.17) is 9.47 Å². The van der Waals surface area contributed by atoms with Crippen molar-refractivity contribution >= 4 is 33.3 Å². The summed E-state index contributed by atoms with van der Waals surface area (Å²) in [5.74, 6) is 2.18. The van der Waals surface area contributed by atoms with Crippen molar-refractivity contribution in [2.45, 2.75) is 32.0 Å². The van der Waals surface area contributed by atoms with E-state index >= 15 is 0 Å². The number of aromatic nitrogens is 2. The van der Waals surface area contributed by atoms with Crippen molar-refractivity contribution in [2.24, 2.45) is 0 Å². The summed E-state index contributed by atoms with van der Waals surface area (Å²) >= 11 is 1.39. The Morgan fingerprint density at radius 3 is 2.84 bits per heavy atom. The van der Waals surface area contributed by atoms with Crippen molar-refractivity contribution in [1.29, 1.82) is 0 Å². The SMILES string of the molecule is Cc1c(C(=O)N2CCC(O)CC2)sc2ncnc(NC[C@H]3COc4ccccc4O3)c12. The number of aliphatic hydroxyl groups is 1. The molecule has 1 fully saturated rings. The van der Waals surface area contributed by atoms with Crippen LogP contribution in [0.15, 0.2) is 30.6 Å². The molecule has 162 valence electrons. The second-order valence-corrected chi connectivity index (χ2v) is 8.86. The van der Waals surface area contributed by atoms with Gasteiger partial charge in [0.05, 0.1) is 22.9 Å². The van der Waals surface area contributed by atoms with E-state index in [1.807, 2.05) is 36.1 Å². The number of nitrogens with zero attached hydrogens (tertiary/aromatic N) is 3. The average molecular weight is 441 g/mol. The average Bonchev–Trinajstić information content (AvgIpc) is 3.14. The number of carbonyl (C=O) groups excluding carboxylic acids is 1. The van der Waals surface area contributed by atoms with Gasteiger partial charge in [0.1, 0.15) is 29.7 Å². The van der Waals surface area contributed by atoms with Crippen molar-refractivity contribution in [3.63, 3.8) is 0 Å². The van der Waals surface area contributed by atoms with E-state index in [9.17, 15) is 9.90 Å². The number of amides is 1. The predicted octanol–water partition coefficient (Wildman–Crippen LogP) is 2.85. The highest BCUT2D eigenvalue weighted by atomic mass is 32.1. The summed E-state index contributed by atoms with van der Waals surface area (Å²) in [4.78, 5) is 25.2. The van der Waals surface area contributed by atoms with Gasteiger partial charge in [-0.3, -0.25) is 4.79 Å². The van der Waals surface area contributed by atoms with Gasteiger partial charge in [-0.05, 0) is 37.5 Å². The van der Waals surface area contributed by atoms with Crippen molar-refractivity contribution in [3.05, 3.63) is 41.0 Å². The lowest BCUT2D eigenvalue weighted by Crippen LogP contribution is -2.39. The summed E-state index contributed by atoms with van der Waals surface area (Å²) in [5.41, 5.74) is 0.880. The molecule has 9 heteroatoms. The van der Waals surface area contributed by atoms with Crippen LogP contribution in [-0.4, -0.2) is 64.3 Å². The third-order valence-electron chi connectivity index (χ3n) is 5.74. The number of para-hydroxylation sites is 2. The first-order valence-electron chi connectivity index (χ1n) is 10.4. The first kappa shape index (κ1) is 20.0. The Morgan fingerprint density at radius 2 is 2.03 bits per heavy atom. The lowest BCUT2D eigenvalue weighted by molar-refractivity contribution is 0.0550. The van der Waals surface area contributed by atoms with Gasteiger partial charge < -0.3 is 24.8 Å². The molecule has 31 heavy (non-hydrogen) atoms. The minimum absolute atomic E-state index is 0.000953. The zero-order valence-corrected chi connectivity index (χ0v) is 18.0. The fourth-order valence-corrected chi connectivity index (χ4v) is 5.11. The van der Waals surface area contributed by atoms with Gasteiger partial charge in [0.2, 0.25) is 0 Å². The van der Waals surface area contributed by atoms with Crippen LogP contribution in [0, 0.1) is 6.92 Å². The van der Waals surface area contributed by atoms with Crippen LogP contribution < -0.4 is 14.8 Å². The summed E-state index contributed by atoms with van der Waals surface area (Å²) in [5, 5.41) is 13.9. The molecule has 2 aliphatic rings. The Kier molecular flexibility index (Phi) is 5.37. The first-order chi connectivity index (χ1) is 15.1. The molecule has 3 aromatic rings. The van der Waals surface area contributed by atoms with Crippen molar-refractivity contribution in [1.82, 2.24) is 14.9 Å². The van der Waals surface area contributed by atoms with Crippen molar-refractivity contribution in [3.8, 4) is 11.5 Å². The molecule has 1 aromatic carbocycles. The van der Waals surface area contributed by atoms with Crippen LogP contribution in [-0.2, 0) is 0 Å². The van der Waals surface area contributed by atoms with Crippen LogP contribution in [0.1, 0.15) is 28.1 Å². The molecule has 0 aliphatic carbocycles. The monoisotopic (exact) mass is 440 g/mol. The number of fused-ring (bicyclic) bond motifs is 2. The molecule has 8 nitrogen and oxygen atoms in total. The molecule has 0 unspecified atom stereocenters. The van der Waals surface area contributed by atoms with Gasteiger partial charge in [0.25, 0.3) is 5.91 Å². The second kappa shape index (κ2) is 8.32. The number of hydrogen-bond acceptors (Lipinski definition) is 8. The number of benzene rings is 1. The van der Waals surface area contributed by atoms with Crippen LogP contribution in [0.4, 0.5) is 5.82 Å². The summed E-state index contributed by atoms with van der Waals surface area (Å²) in [6, 6.07) is 7.62. The maximum Gasteiger partial charge on any atom is 0.264 e. The van der Waals surface area contributed by atoms with Gasteiger partial charge in [-0.2, -0.15) is 0 Å². The Hall–Kier alpha value is -2.91. The van der Waals surface area contributed by atoms with Crippen LogP contribution in [0.3, 0.4) is 0 Å². The van der Waals surface area contributed by atoms with E-state index < -0.39 is 0 Å². The minimum Gasteiger partial charge on any atom is -0.486 e. The number of hydrogen-bond donors (Lipinski definition) is 2. The van der Waals surface area contributed by atoms with Gasteiger partial charge in [-0.15, -0.1) is 11.3 Å². The molecular weight excluding hydrogens is 416 g/mol. The Balaban J connectivity index is 1.34. The van der Waals surface area contributed by atoms with Crippen LogP contribution in [0.2, 0.25) is 0 Å². The number of aliphatic hydroxyl groups excluding tert-OH is 1. The van der Waals surface area contributed by atoms with Crippen LogP contribution in [0.5, 0.6) is 11.5 Å². The quantitative estimate of drug-likeness (QED) is 0.644.